The van der Waals surface area contributed by atoms with Crippen molar-refractivity contribution in [2.75, 3.05) is 12.3 Å². The van der Waals surface area contributed by atoms with Crippen LogP contribution in [0, 0.1) is 0 Å². The van der Waals surface area contributed by atoms with Gasteiger partial charge in [0.2, 0.25) is 0 Å². The van der Waals surface area contributed by atoms with E-state index >= 15 is 0 Å². The summed E-state index contributed by atoms with van der Waals surface area (Å²) in [6.45, 7) is -0.520. The molecule has 154 valence electrons. The first-order valence-corrected chi connectivity index (χ1v) is 10.5. The maximum Gasteiger partial charge on any atom is 0.371 e. The highest BCUT2D eigenvalue weighted by Crippen LogP contribution is 2.69. The molecule has 0 aromatic carbocycles. The van der Waals surface area contributed by atoms with Gasteiger partial charge < -0.3 is 45.0 Å². The van der Waals surface area contributed by atoms with Crippen LogP contribution in [0.2, 0.25) is 0 Å². The molecule has 1 aromatic heterocycles. The summed E-state index contributed by atoms with van der Waals surface area (Å²) in [5.74, 6) is -0.0925. The van der Waals surface area contributed by atoms with Crippen LogP contribution in [0.25, 0.3) is 0 Å². The number of nitrogen functional groups attached to an aromatic ring is 1. The third-order valence-electron chi connectivity index (χ3n) is 3.96. The summed E-state index contributed by atoms with van der Waals surface area (Å²) in [5.41, 5.74) is 4.45. The Kier molecular flexibility index (Phi) is 6.01. The molecule has 2 rings (SSSR count). The van der Waals surface area contributed by atoms with Crippen molar-refractivity contribution in [1.29, 1.82) is 0 Å². The van der Waals surface area contributed by atoms with E-state index in [1.54, 1.807) is 0 Å². The Hall–Kier alpha value is -1.18. The Labute approximate surface area is 151 Å². The minimum absolute atomic E-state index is 0.0925. The lowest BCUT2D eigenvalue weighted by Crippen LogP contribution is -2.36. The van der Waals surface area contributed by atoms with Crippen molar-refractivity contribution in [3.8, 4) is 0 Å². The molecule has 8 N–H and O–H groups in total. The molecule has 27 heavy (non-hydrogen) atoms. The first-order chi connectivity index (χ1) is 12.2. The fourth-order valence-corrected chi connectivity index (χ4v) is 4.26. The minimum atomic E-state index is -5.45. The molecule has 6 atom stereocenters. The van der Waals surface area contributed by atoms with Crippen molar-refractivity contribution < 1.29 is 48.4 Å². The van der Waals surface area contributed by atoms with Crippen LogP contribution in [0.1, 0.15) is 13.2 Å². The van der Waals surface area contributed by atoms with Crippen molar-refractivity contribution in [2.24, 2.45) is 0 Å². The van der Waals surface area contributed by atoms with Gasteiger partial charge in [-0.1, -0.05) is 0 Å². The standard InChI is InChI=1S/C11H19N3O11P2/c1-11(18,26(19,20)21)27(22,23)24-4-5-7(15)8(16)9(25-5)14-3-2-6(12)13-10(14)17/h2-3,5,7-9,15-16,18H,4H2,1H3,(H,22,23)(H2,12,13,17)(H2,19,20,21)/t5-,7-,8+,9-,11?/m1/s1. The van der Waals surface area contributed by atoms with Crippen molar-refractivity contribution in [1.82, 2.24) is 9.55 Å². The van der Waals surface area contributed by atoms with Gasteiger partial charge in [0.25, 0.3) is 5.08 Å². The molecular weight excluding hydrogens is 412 g/mol. The predicted octanol–water partition coefficient (Wildman–Crippen LogP) is -2.51. The third-order valence-corrected chi connectivity index (χ3v) is 8.18. The number of aliphatic hydroxyl groups excluding tert-OH is 2. The second-order valence-corrected chi connectivity index (χ2v) is 10.4. The van der Waals surface area contributed by atoms with Crippen molar-refractivity contribution in [2.45, 2.75) is 36.5 Å². The molecule has 1 saturated heterocycles. The largest absolute Gasteiger partial charge is 0.387 e. The number of rotatable bonds is 6. The Morgan fingerprint density at radius 1 is 1.33 bits per heavy atom. The van der Waals surface area contributed by atoms with Crippen LogP contribution >= 0.6 is 15.2 Å². The van der Waals surface area contributed by atoms with Gasteiger partial charge in [-0.15, -0.1) is 0 Å². The summed E-state index contributed by atoms with van der Waals surface area (Å²) in [7, 11) is -10.8. The molecule has 1 aromatic rings. The predicted molar refractivity (Wildman–Crippen MR) is 87.3 cm³/mol. The number of nitrogens with zero attached hydrogens (tertiary/aromatic N) is 2. The number of anilines is 1. The zero-order chi connectivity index (χ0) is 20.8. The van der Waals surface area contributed by atoms with Gasteiger partial charge in [-0.05, 0) is 13.0 Å². The molecule has 1 aliphatic rings. The lowest BCUT2D eigenvalue weighted by molar-refractivity contribution is -0.0537. The van der Waals surface area contributed by atoms with Crippen LogP contribution in [0.15, 0.2) is 17.1 Å². The van der Waals surface area contributed by atoms with Gasteiger partial charge in [0.1, 0.15) is 24.1 Å². The molecule has 2 heterocycles. The smallest absolute Gasteiger partial charge is 0.371 e. The molecule has 0 saturated carbocycles. The zero-order valence-electron chi connectivity index (χ0n) is 13.8. The average Bonchev–Trinajstić information content (AvgIpc) is 2.80. The lowest BCUT2D eigenvalue weighted by Gasteiger charge is -2.29. The van der Waals surface area contributed by atoms with Crippen LogP contribution in [-0.4, -0.2) is 69.6 Å². The van der Waals surface area contributed by atoms with E-state index < -0.39 is 57.1 Å². The van der Waals surface area contributed by atoms with Crippen molar-refractivity contribution in [3.63, 3.8) is 0 Å². The summed E-state index contributed by atoms with van der Waals surface area (Å²) >= 11 is 0. The normalized spacial score (nSPS) is 30.6. The lowest BCUT2D eigenvalue weighted by atomic mass is 10.1. The van der Waals surface area contributed by atoms with Crippen molar-refractivity contribution in [3.05, 3.63) is 22.7 Å². The van der Waals surface area contributed by atoms with E-state index in [0.717, 1.165) is 10.8 Å². The van der Waals surface area contributed by atoms with E-state index in [0.29, 0.717) is 6.92 Å². The quantitative estimate of drug-likeness (QED) is 0.231. The maximum atomic E-state index is 12.0. The fourth-order valence-electron chi connectivity index (χ4n) is 2.18. The van der Waals surface area contributed by atoms with Crippen LogP contribution in [0.4, 0.5) is 5.82 Å². The van der Waals surface area contributed by atoms with Gasteiger partial charge in [-0.3, -0.25) is 13.7 Å². The molecule has 0 aliphatic carbocycles. The molecule has 0 bridgehead atoms. The van der Waals surface area contributed by atoms with Crippen LogP contribution in [0.5, 0.6) is 0 Å². The summed E-state index contributed by atoms with van der Waals surface area (Å²) in [5, 5.41) is 26.3. The molecular formula is C11H19N3O11P2. The Bertz CT molecular complexity index is 852. The summed E-state index contributed by atoms with van der Waals surface area (Å²) in [4.78, 5) is 42.9. The monoisotopic (exact) mass is 431 g/mol. The number of ether oxygens (including phenoxy) is 1. The maximum absolute atomic E-state index is 12.0. The number of aromatic nitrogens is 2. The fraction of sp³-hybridized carbons (Fsp3) is 0.636. The van der Waals surface area contributed by atoms with Gasteiger partial charge in [0.05, 0.1) is 6.61 Å². The first-order valence-electron chi connectivity index (χ1n) is 7.31. The molecule has 14 nitrogen and oxygen atoms in total. The van der Waals surface area contributed by atoms with E-state index in [1.165, 1.54) is 6.07 Å². The van der Waals surface area contributed by atoms with Gasteiger partial charge in [0.15, 0.2) is 6.23 Å². The number of hydrogen-bond acceptors (Lipinski definition) is 10. The Balaban J connectivity index is 2.16. The molecule has 16 heteroatoms. The molecule has 1 fully saturated rings. The second kappa shape index (κ2) is 7.33. The molecule has 0 spiro atoms. The summed E-state index contributed by atoms with van der Waals surface area (Å²) in [6, 6.07) is 1.23. The third kappa shape index (κ3) is 4.15. The van der Waals surface area contributed by atoms with E-state index in [9.17, 15) is 34.1 Å². The molecule has 2 unspecified atom stereocenters. The van der Waals surface area contributed by atoms with Gasteiger partial charge in [-0.25, -0.2) is 4.79 Å². The SMILES string of the molecule is CC(O)(P(=O)(O)O)P(=O)(O)OC[C@H]1O[C@@H](n2ccc(N)nc2=O)[C@@H](O)[C@@H]1O. The molecule has 1 aliphatic heterocycles. The number of hydrogen-bond donors (Lipinski definition) is 7. The average molecular weight is 431 g/mol. The summed E-state index contributed by atoms with van der Waals surface area (Å²) < 4.78 is 33.7. The highest BCUT2D eigenvalue weighted by Gasteiger charge is 2.57. The van der Waals surface area contributed by atoms with Gasteiger partial charge >= 0.3 is 20.9 Å². The number of nitrogens with two attached hydrogens (primary N) is 1. The summed E-state index contributed by atoms with van der Waals surface area (Å²) in [6.07, 6.45) is -5.12. The van der Waals surface area contributed by atoms with E-state index in [2.05, 4.69) is 9.51 Å². The Morgan fingerprint density at radius 3 is 2.44 bits per heavy atom. The van der Waals surface area contributed by atoms with Gasteiger partial charge in [-0.2, -0.15) is 4.98 Å². The molecule has 0 amide bonds. The van der Waals surface area contributed by atoms with Crippen LogP contribution < -0.4 is 11.4 Å². The highest BCUT2D eigenvalue weighted by atomic mass is 31.2. The Morgan fingerprint density at radius 2 is 1.93 bits per heavy atom. The van der Waals surface area contributed by atoms with Crippen LogP contribution in [-0.2, 0) is 18.4 Å². The molecule has 0 radical (unpaired) electrons. The minimum Gasteiger partial charge on any atom is -0.387 e. The topological polar surface area (TPSA) is 235 Å². The van der Waals surface area contributed by atoms with E-state index in [-0.39, 0.29) is 5.82 Å². The second-order valence-electron chi connectivity index (χ2n) is 5.92. The first kappa shape index (κ1) is 22.1. The van der Waals surface area contributed by atoms with Crippen molar-refractivity contribution >= 4 is 21.0 Å². The highest BCUT2D eigenvalue weighted by molar-refractivity contribution is 7.72. The van der Waals surface area contributed by atoms with E-state index in [1.807, 2.05) is 0 Å². The van der Waals surface area contributed by atoms with Gasteiger partial charge in [0, 0.05) is 6.20 Å². The zero-order valence-corrected chi connectivity index (χ0v) is 15.6. The number of aliphatic hydroxyl groups is 3. The van der Waals surface area contributed by atoms with Crippen LogP contribution in [0.3, 0.4) is 0 Å². The van der Waals surface area contributed by atoms with E-state index in [4.69, 9.17) is 20.3 Å².